The van der Waals surface area contributed by atoms with Crippen LogP contribution in [0.5, 0.6) is 5.75 Å². The fourth-order valence-corrected chi connectivity index (χ4v) is 1.45. The molecule has 1 aromatic rings. The molecule has 0 aliphatic heterocycles. The predicted octanol–water partition coefficient (Wildman–Crippen LogP) is 2.48. The van der Waals surface area contributed by atoms with Crippen molar-refractivity contribution in [2.75, 3.05) is 6.54 Å². The monoisotopic (exact) mass is 227 g/mol. The molecule has 0 spiro atoms. The van der Waals surface area contributed by atoms with Crippen LogP contribution in [0.1, 0.15) is 19.8 Å². The highest BCUT2D eigenvalue weighted by Crippen LogP contribution is 2.21. The number of ether oxygens (including phenoxy) is 1. The van der Waals surface area contributed by atoms with Crippen LogP contribution in [0.4, 0.5) is 8.78 Å². The van der Waals surface area contributed by atoms with E-state index in [0.717, 1.165) is 18.2 Å². The van der Waals surface area contributed by atoms with Crippen molar-refractivity contribution in [1.82, 2.24) is 5.32 Å². The third-order valence-electron chi connectivity index (χ3n) is 2.49. The maximum absolute atomic E-state index is 13.2. The summed E-state index contributed by atoms with van der Waals surface area (Å²) in [5, 5.41) is 3.27. The minimum atomic E-state index is -0.528. The van der Waals surface area contributed by atoms with E-state index in [1.807, 2.05) is 6.92 Å². The van der Waals surface area contributed by atoms with E-state index < -0.39 is 11.6 Å². The Morgan fingerprint density at radius 1 is 1.44 bits per heavy atom. The molecule has 0 amide bonds. The molecule has 1 saturated carbocycles. The van der Waals surface area contributed by atoms with Gasteiger partial charge in [-0.05, 0) is 31.9 Å². The summed E-state index contributed by atoms with van der Waals surface area (Å²) in [6.45, 7) is 2.49. The smallest absolute Gasteiger partial charge is 0.165 e. The van der Waals surface area contributed by atoms with Gasteiger partial charge in [-0.25, -0.2) is 8.78 Å². The summed E-state index contributed by atoms with van der Waals surface area (Å²) in [4.78, 5) is 0. The first kappa shape index (κ1) is 11.3. The van der Waals surface area contributed by atoms with Crippen LogP contribution < -0.4 is 10.1 Å². The zero-order chi connectivity index (χ0) is 11.5. The third-order valence-corrected chi connectivity index (χ3v) is 2.49. The van der Waals surface area contributed by atoms with Crippen molar-refractivity contribution >= 4 is 0 Å². The van der Waals surface area contributed by atoms with Gasteiger partial charge in [0.1, 0.15) is 11.9 Å². The summed E-state index contributed by atoms with van der Waals surface area (Å²) in [6, 6.07) is 3.81. The predicted molar refractivity (Wildman–Crippen MR) is 57.5 cm³/mol. The standard InChI is InChI=1S/C12H15F2NO/c1-8(7-15-10-3-4-10)16-12-6-9(13)2-5-11(12)14/h2,5-6,8,10,15H,3-4,7H2,1H3. The molecule has 16 heavy (non-hydrogen) atoms. The molecular weight excluding hydrogens is 212 g/mol. The molecule has 0 radical (unpaired) electrons. The molecule has 1 aromatic carbocycles. The molecule has 0 aromatic heterocycles. The minimum Gasteiger partial charge on any atom is -0.486 e. The summed E-state index contributed by atoms with van der Waals surface area (Å²) in [5.41, 5.74) is 0. The van der Waals surface area contributed by atoms with Crippen LogP contribution in [0.25, 0.3) is 0 Å². The summed E-state index contributed by atoms with van der Waals surface area (Å²) in [5.74, 6) is -1.04. The fourth-order valence-electron chi connectivity index (χ4n) is 1.45. The van der Waals surface area contributed by atoms with Crippen LogP contribution in [0.15, 0.2) is 18.2 Å². The Bertz CT molecular complexity index is 366. The number of benzene rings is 1. The van der Waals surface area contributed by atoms with E-state index in [-0.39, 0.29) is 11.9 Å². The average molecular weight is 227 g/mol. The molecule has 1 atom stereocenters. The molecule has 1 fully saturated rings. The lowest BCUT2D eigenvalue weighted by molar-refractivity contribution is 0.206. The molecule has 1 aliphatic rings. The van der Waals surface area contributed by atoms with E-state index in [1.54, 1.807) is 0 Å². The Hall–Kier alpha value is -1.16. The topological polar surface area (TPSA) is 21.3 Å². The maximum Gasteiger partial charge on any atom is 0.165 e. The molecule has 0 heterocycles. The summed E-state index contributed by atoms with van der Waals surface area (Å²) in [6.07, 6.45) is 2.22. The van der Waals surface area contributed by atoms with Gasteiger partial charge < -0.3 is 10.1 Å². The highest BCUT2D eigenvalue weighted by molar-refractivity contribution is 5.25. The molecule has 2 nitrogen and oxygen atoms in total. The zero-order valence-electron chi connectivity index (χ0n) is 9.17. The molecule has 0 bridgehead atoms. The number of halogens is 2. The van der Waals surface area contributed by atoms with Gasteiger partial charge in [0.25, 0.3) is 0 Å². The highest BCUT2D eigenvalue weighted by Gasteiger charge is 2.21. The van der Waals surface area contributed by atoms with Gasteiger partial charge in [-0.2, -0.15) is 0 Å². The molecular formula is C12H15F2NO. The van der Waals surface area contributed by atoms with Gasteiger partial charge in [0.2, 0.25) is 0 Å². The first-order valence-electron chi connectivity index (χ1n) is 5.50. The Morgan fingerprint density at radius 3 is 2.88 bits per heavy atom. The Kier molecular flexibility index (Phi) is 3.39. The van der Waals surface area contributed by atoms with Crippen molar-refractivity contribution < 1.29 is 13.5 Å². The molecule has 1 unspecified atom stereocenters. The molecule has 2 rings (SSSR count). The normalized spacial score (nSPS) is 17.2. The van der Waals surface area contributed by atoms with E-state index in [9.17, 15) is 8.78 Å². The second-order valence-corrected chi connectivity index (χ2v) is 4.19. The van der Waals surface area contributed by atoms with Crippen molar-refractivity contribution in [3.63, 3.8) is 0 Å². The minimum absolute atomic E-state index is 0.0231. The van der Waals surface area contributed by atoms with Gasteiger partial charge in [0.15, 0.2) is 11.6 Å². The van der Waals surface area contributed by atoms with Crippen LogP contribution in [0.3, 0.4) is 0 Å². The van der Waals surface area contributed by atoms with Crippen molar-refractivity contribution in [3.8, 4) is 5.75 Å². The van der Waals surface area contributed by atoms with Crippen molar-refractivity contribution in [2.45, 2.75) is 31.9 Å². The van der Waals surface area contributed by atoms with Gasteiger partial charge >= 0.3 is 0 Å². The SMILES string of the molecule is CC(CNC1CC1)Oc1cc(F)ccc1F. The van der Waals surface area contributed by atoms with Crippen LogP contribution in [-0.4, -0.2) is 18.7 Å². The van der Waals surface area contributed by atoms with E-state index in [4.69, 9.17) is 4.74 Å². The second-order valence-electron chi connectivity index (χ2n) is 4.19. The van der Waals surface area contributed by atoms with Crippen molar-refractivity contribution in [2.24, 2.45) is 0 Å². The zero-order valence-corrected chi connectivity index (χ0v) is 9.17. The lowest BCUT2D eigenvalue weighted by atomic mass is 10.3. The molecule has 0 saturated heterocycles. The number of hydrogen-bond donors (Lipinski definition) is 1. The number of rotatable bonds is 5. The van der Waals surface area contributed by atoms with Crippen LogP contribution >= 0.6 is 0 Å². The van der Waals surface area contributed by atoms with E-state index in [0.29, 0.717) is 12.6 Å². The van der Waals surface area contributed by atoms with Crippen molar-refractivity contribution in [3.05, 3.63) is 29.8 Å². The lowest BCUT2D eigenvalue weighted by Gasteiger charge is -2.15. The number of nitrogens with one attached hydrogen (secondary N) is 1. The van der Waals surface area contributed by atoms with E-state index >= 15 is 0 Å². The van der Waals surface area contributed by atoms with Gasteiger partial charge in [-0.15, -0.1) is 0 Å². The van der Waals surface area contributed by atoms with E-state index in [2.05, 4.69) is 5.32 Å². The largest absolute Gasteiger partial charge is 0.486 e. The summed E-state index contributed by atoms with van der Waals surface area (Å²) in [7, 11) is 0. The van der Waals surface area contributed by atoms with Crippen molar-refractivity contribution in [1.29, 1.82) is 0 Å². The molecule has 4 heteroatoms. The number of hydrogen-bond acceptors (Lipinski definition) is 2. The van der Waals surface area contributed by atoms with Crippen LogP contribution in [0.2, 0.25) is 0 Å². The fraction of sp³-hybridized carbons (Fsp3) is 0.500. The first-order valence-corrected chi connectivity index (χ1v) is 5.50. The van der Waals surface area contributed by atoms with E-state index in [1.165, 1.54) is 12.8 Å². The average Bonchev–Trinajstić information content (AvgIpc) is 3.04. The summed E-state index contributed by atoms with van der Waals surface area (Å²) >= 11 is 0. The maximum atomic E-state index is 13.2. The molecule has 1 aliphatic carbocycles. The third kappa shape index (κ3) is 3.17. The molecule has 1 N–H and O–H groups in total. The lowest BCUT2D eigenvalue weighted by Crippen LogP contribution is -2.30. The summed E-state index contributed by atoms with van der Waals surface area (Å²) < 4.78 is 31.4. The molecule has 88 valence electrons. The van der Waals surface area contributed by atoms with Gasteiger partial charge in [0, 0.05) is 18.7 Å². The van der Waals surface area contributed by atoms with Gasteiger partial charge in [-0.1, -0.05) is 0 Å². The Balaban J connectivity index is 1.88. The van der Waals surface area contributed by atoms with Gasteiger partial charge in [0.05, 0.1) is 0 Å². The Morgan fingerprint density at radius 2 is 2.19 bits per heavy atom. The Labute approximate surface area is 93.6 Å². The van der Waals surface area contributed by atoms with Crippen LogP contribution in [0, 0.1) is 11.6 Å². The van der Waals surface area contributed by atoms with Gasteiger partial charge in [-0.3, -0.25) is 0 Å². The second kappa shape index (κ2) is 4.78. The quantitative estimate of drug-likeness (QED) is 0.834. The first-order chi connectivity index (χ1) is 7.65. The highest BCUT2D eigenvalue weighted by atomic mass is 19.1. The van der Waals surface area contributed by atoms with Crippen LogP contribution in [-0.2, 0) is 0 Å².